The molecular weight excluding hydrogens is 274 g/mol. The van der Waals surface area contributed by atoms with Crippen molar-refractivity contribution in [3.8, 4) is 0 Å². The van der Waals surface area contributed by atoms with Gasteiger partial charge in [-0.25, -0.2) is 13.4 Å². The third-order valence-electron chi connectivity index (χ3n) is 3.81. The Bertz CT molecular complexity index is 563. The maximum absolute atomic E-state index is 12.5. The van der Waals surface area contributed by atoms with Gasteiger partial charge in [0.15, 0.2) is 5.03 Å². The van der Waals surface area contributed by atoms with Crippen molar-refractivity contribution in [3.05, 3.63) is 23.9 Å². The number of rotatable bonds is 7. The average Bonchev–Trinajstić information content (AvgIpc) is 3.31. The fraction of sp³-hybridized carbons (Fsp3) is 0.643. The first kappa shape index (κ1) is 14.0. The minimum atomic E-state index is -3.42. The van der Waals surface area contributed by atoms with Crippen molar-refractivity contribution in [3.63, 3.8) is 0 Å². The largest absolute Gasteiger partial charge is 0.310 e. The van der Waals surface area contributed by atoms with Gasteiger partial charge < -0.3 is 5.32 Å². The van der Waals surface area contributed by atoms with Gasteiger partial charge in [0.25, 0.3) is 10.0 Å². The lowest BCUT2D eigenvalue weighted by Gasteiger charge is -2.19. The highest BCUT2D eigenvalue weighted by Gasteiger charge is 2.37. The molecule has 0 saturated heterocycles. The molecule has 20 heavy (non-hydrogen) atoms. The third kappa shape index (κ3) is 3.02. The molecular formula is C14H21N3O2S. The van der Waals surface area contributed by atoms with Gasteiger partial charge >= 0.3 is 0 Å². The first-order valence-corrected chi connectivity index (χ1v) is 8.75. The molecule has 0 aliphatic heterocycles. The summed E-state index contributed by atoms with van der Waals surface area (Å²) in [5.41, 5.74) is 1.03. The second-order valence-corrected chi connectivity index (χ2v) is 7.44. The van der Waals surface area contributed by atoms with Gasteiger partial charge in [-0.15, -0.1) is 0 Å². The van der Waals surface area contributed by atoms with Crippen LogP contribution in [0.4, 0.5) is 0 Å². The van der Waals surface area contributed by atoms with Crippen LogP contribution < -0.4 is 5.32 Å². The van der Waals surface area contributed by atoms with Gasteiger partial charge in [-0.05, 0) is 37.3 Å². The van der Waals surface area contributed by atoms with E-state index in [9.17, 15) is 8.42 Å². The van der Waals surface area contributed by atoms with Crippen molar-refractivity contribution in [2.75, 3.05) is 6.54 Å². The van der Waals surface area contributed by atoms with Crippen LogP contribution in [-0.4, -0.2) is 36.3 Å². The molecule has 3 rings (SSSR count). The molecule has 6 heteroatoms. The van der Waals surface area contributed by atoms with E-state index in [0.29, 0.717) is 12.6 Å². The Hall–Kier alpha value is -0.980. The number of nitrogens with one attached hydrogen (secondary N) is 1. The van der Waals surface area contributed by atoms with Crippen molar-refractivity contribution in [1.82, 2.24) is 14.6 Å². The molecule has 2 saturated carbocycles. The highest BCUT2D eigenvalue weighted by atomic mass is 32.2. The number of hydrogen-bond acceptors (Lipinski definition) is 4. The van der Waals surface area contributed by atoms with Gasteiger partial charge in [0, 0.05) is 31.4 Å². The summed E-state index contributed by atoms with van der Waals surface area (Å²) < 4.78 is 26.5. The highest BCUT2D eigenvalue weighted by molar-refractivity contribution is 7.89. The van der Waals surface area contributed by atoms with Gasteiger partial charge in [-0.1, -0.05) is 13.0 Å². The summed E-state index contributed by atoms with van der Waals surface area (Å²) >= 11 is 0. The van der Waals surface area contributed by atoms with Crippen molar-refractivity contribution in [2.24, 2.45) is 0 Å². The van der Waals surface area contributed by atoms with E-state index in [1.807, 2.05) is 13.0 Å². The molecule has 0 spiro atoms. The molecule has 0 aromatic carbocycles. The zero-order valence-corrected chi connectivity index (χ0v) is 12.6. The number of aromatic nitrogens is 1. The number of nitrogens with zero attached hydrogens (tertiary/aromatic N) is 2. The predicted octanol–water partition coefficient (Wildman–Crippen LogP) is 1.51. The Labute approximate surface area is 120 Å². The highest BCUT2D eigenvalue weighted by Crippen LogP contribution is 2.31. The van der Waals surface area contributed by atoms with Crippen molar-refractivity contribution in [2.45, 2.75) is 56.3 Å². The van der Waals surface area contributed by atoms with E-state index in [2.05, 4.69) is 10.3 Å². The molecule has 0 unspecified atom stereocenters. The summed E-state index contributed by atoms with van der Waals surface area (Å²) in [6.45, 7) is 3.15. The maximum atomic E-state index is 12.5. The Morgan fingerprint density at radius 2 is 2.05 bits per heavy atom. The first-order chi connectivity index (χ1) is 9.61. The van der Waals surface area contributed by atoms with Gasteiger partial charge in [0.05, 0.1) is 0 Å². The third-order valence-corrected chi connectivity index (χ3v) is 5.75. The summed E-state index contributed by atoms with van der Waals surface area (Å²) in [7, 11) is -3.42. The zero-order valence-electron chi connectivity index (χ0n) is 11.7. The molecule has 110 valence electrons. The molecule has 0 atom stereocenters. The van der Waals surface area contributed by atoms with Gasteiger partial charge in [-0.3, -0.25) is 0 Å². The predicted molar refractivity (Wildman–Crippen MR) is 76.7 cm³/mol. The van der Waals surface area contributed by atoms with E-state index >= 15 is 0 Å². The summed E-state index contributed by atoms with van der Waals surface area (Å²) in [4.78, 5) is 4.16. The number of sulfonamides is 1. The van der Waals surface area contributed by atoms with Crippen LogP contribution in [-0.2, 0) is 16.6 Å². The quantitative estimate of drug-likeness (QED) is 0.828. The minimum absolute atomic E-state index is 0.168. The molecule has 2 fully saturated rings. The van der Waals surface area contributed by atoms with Crippen LogP contribution in [0.2, 0.25) is 0 Å². The molecule has 2 aliphatic carbocycles. The van der Waals surface area contributed by atoms with Crippen molar-refractivity contribution >= 4 is 10.0 Å². The summed E-state index contributed by atoms with van der Waals surface area (Å²) in [5, 5.41) is 3.56. The zero-order chi connectivity index (χ0) is 14.2. The topological polar surface area (TPSA) is 62.3 Å². The van der Waals surface area contributed by atoms with Gasteiger partial charge in [0.1, 0.15) is 0 Å². The molecule has 1 aromatic rings. The Balaban J connectivity index is 1.71. The molecule has 0 bridgehead atoms. The molecule has 1 N–H and O–H groups in total. The van der Waals surface area contributed by atoms with Crippen LogP contribution in [0.25, 0.3) is 0 Å². The Morgan fingerprint density at radius 1 is 1.30 bits per heavy atom. The van der Waals surface area contributed by atoms with Crippen LogP contribution in [0.1, 0.15) is 38.2 Å². The fourth-order valence-electron chi connectivity index (χ4n) is 2.32. The fourth-order valence-corrected chi connectivity index (χ4v) is 3.93. The second-order valence-electron chi connectivity index (χ2n) is 5.60. The van der Waals surface area contributed by atoms with Crippen LogP contribution in [0.15, 0.2) is 23.4 Å². The molecule has 1 heterocycles. The van der Waals surface area contributed by atoms with Crippen LogP contribution in [0.5, 0.6) is 0 Å². The minimum Gasteiger partial charge on any atom is -0.310 e. The molecule has 2 aliphatic rings. The van der Waals surface area contributed by atoms with Gasteiger partial charge in [0.2, 0.25) is 0 Å². The van der Waals surface area contributed by atoms with Crippen molar-refractivity contribution in [1.29, 1.82) is 0 Å². The van der Waals surface area contributed by atoms with E-state index in [-0.39, 0.29) is 11.1 Å². The number of pyridine rings is 1. The van der Waals surface area contributed by atoms with Crippen LogP contribution >= 0.6 is 0 Å². The normalized spacial score (nSPS) is 19.5. The van der Waals surface area contributed by atoms with Crippen LogP contribution in [0, 0.1) is 0 Å². The summed E-state index contributed by atoms with van der Waals surface area (Å²) in [6, 6.07) is 4.31. The maximum Gasteiger partial charge on any atom is 0.260 e. The molecule has 0 amide bonds. The molecule has 5 nitrogen and oxygen atoms in total. The lowest BCUT2D eigenvalue weighted by molar-refractivity contribution is 0.418. The first-order valence-electron chi connectivity index (χ1n) is 7.31. The molecule has 0 radical (unpaired) electrons. The summed E-state index contributed by atoms with van der Waals surface area (Å²) in [5.74, 6) is 0. The number of hydrogen-bond donors (Lipinski definition) is 1. The summed E-state index contributed by atoms with van der Waals surface area (Å²) in [6.07, 6.45) is 6.09. The van der Waals surface area contributed by atoms with E-state index in [1.165, 1.54) is 12.8 Å². The average molecular weight is 295 g/mol. The van der Waals surface area contributed by atoms with E-state index in [4.69, 9.17) is 0 Å². The monoisotopic (exact) mass is 295 g/mol. The van der Waals surface area contributed by atoms with Crippen molar-refractivity contribution < 1.29 is 8.42 Å². The lowest BCUT2D eigenvalue weighted by atomic mass is 10.3. The van der Waals surface area contributed by atoms with E-state index < -0.39 is 10.0 Å². The second kappa shape index (κ2) is 5.42. The van der Waals surface area contributed by atoms with Crippen LogP contribution in [0.3, 0.4) is 0 Å². The Kier molecular flexibility index (Phi) is 3.79. The van der Waals surface area contributed by atoms with E-state index in [1.54, 1.807) is 16.6 Å². The lowest BCUT2D eigenvalue weighted by Crippen LogP contribution is -2.33. The SMILES string of the molecule is CCN(C1CC1)S(=O)(=O)c1ccc(CNC2CC2)cn1. The van der Waals surface area contributed by atoms with Gasteiger partial charge in [-0.2, -0.15) is 4.31 Å². The Morgan fingerprint density at radius 3 is 2.55 bits per heavy atom. The molecule has 1 aromatic heterocycles. The standard InChI is InChI=1S/C14H21N3O2S/c1-2-17(13-6-7-13)20(18,19)14-8-3-11(10-16-14)9-15-12-4-5-12/h3,8,10,12-13,15H,2,4-7,9H2,1H3. The smallest absolute Gasteiger partial charge is 0.260 e. The van der Waals surface area contributed by atoms with E-state index in [0.717, 1.165) is 24.9 Å².